The second-order valence-corrected chi connectivity index (χ2v) is 8.89. The van der Waals surface area contributed by atoms with Crippen molar-refractivity contribution >= 4 is 5.91 Å². The fourth-order valence-corrected chi connectivity index (χ4v) is 4.29. The van der Waals surface area contributed by atoms with Gasteiger partial charge in [-0.05, 0) is 57.7 Å². The van der Waals surface area contributed by atoms with Crippen molar-refractivity contribution in [2.45, 2.75) is 70.4 Å². The molecule has 2 aliphatic heterocycles. The zero-order valence-electron chi connectivity index (χ0n) is 17.9. The fraction of sp³-hybridized carbons (Fsp3) is 0.542. The molecule has 3 heterocycles. The Balaban J connectivity index is 1.42. The van der Waals surface area contributed by atoms with Gasteiger partial charge in [-0.2, -0.15) is 0 Å². The Hall–Kier alpha value is -2.65. The molecule has 0 aliphatic carbocycles. The van der Waals surface area contributed by atoms with Crippen molar-refractivity contribution in [1.82, 2.24) is 19.7 Å². The largest absolute Gasteiger partial charge is 0.378 e. The maximum absolute atomic E-state index is 13.0. The number of hydrogen-bond donors (Lipinski definition) is 1. The van der Waals surface area contributed by atoms with Gasteiger partial charge in [-0.25, -0.2) is 0 Å². The number of likely N-dealkylation sites (tertiary alicyclic amines) is 1. The summed E-state index contributed by atoms with van der Waals surface area (Å²) in [6, 6.07) is 7.35. The van der Waals surface area contributed by atoms with Gasteiger partial charge >= 0.3 is 0 Å². The van der Waals surface area contributed by atoms with Gasteiger partial charge in [-0.3, -0.25) is 4.79 Å². The number of aryl methyl sites for hydroxylation is 1. The molecule has 158 valence electrons. The van der Waals surface area contributed by atoms with Crippen LogP contribution in [0.4, 0.5) is 0 Å². The van der Waals surface area contributed by atoms with E-state index in [2.05, 4.69) is 26.6 Å². The van der Waals surface area contributed by atoms with Gasteiger partial charge in [0.15, 0.2) is 0 Å². The molecule has 1 N–H and O–H groups in total. The van der Waals surface area contributed by atoms with Gasteiger partial charge in [0.05, 0.1) is 0 Å². The SMILES string of the molecule is CC(C)(O)C#Cc1cccc(C(=O)N2CCC(c3nnc4n3CCCCC4)CC2)c1. The molecule has 1 aromatic heterocycles. The molecule has 0 bridgehead atoms. The number of carbonyl (C=O) groups is 1. The number of benzene rings is 1. The summed E-state index contributed by atoms with van der Waals surface area (Å²) in [5.41, 5.74) is 0.332. The van der Waals surface area contributed by atoms with E-state index in [-0.39, 0.29) is 5.91 Å². The van der Waals surface area contributed by atoms with E-state index in [0.717, 1.165) is 56.1 Å². The van der Waals surface area contributed by atoms with Gasteiger partial charge in [0, 0.05) is 43.1 Å². The van der Waals surface area contributed by atoms with Gasteiger partial charge < -0.3 is 14.6 Å². The number of amides is 1. The van der Waals surface area contributed by atoms with Crippen molar-refractivity contribution in [1.29, 1.82) is 0 Å². The van der Waals surface area contributed by atoms with E-state index >= 15 is 0 Å². The predicted octanol–water partition coefficient (Wildman–Crippen LogP) is 3.15. The lowest BCUT2D eigenvalue weighted by molar-refractivity contribution is 0.0710. The van der Waals surface area contributed by atoms with Crippen LogP contribution in [0.5, 0.6) is 0 Å². The average molecular weight is 407 g/mol. The highest BCUT2D eigenvalue weighted by molar-refractivity contribution is 5.94. The maximum atomic E-state index is 13.0. The molecule has 0 saturated carbocycles. The smallest absolute Gasteiger partial charge is 0.253 e. The van der Waals surface area contributed by atoms with Crippen molar-refractivity contribution < 1.29 is 9.90 Å². The van der Waals surface area contributed by atoms with Gasteiger partial charge in [0.25, 0.3) is 5.91 Å². The minimum absolute atomic E-state index is 0.0421. The molecule has 30 heavy (non-hydrogen) atoms. The summed E-state index contributed by atoms with van der Waals surface area (Å²) >= 11 is 0. The van der Waals surface area contributed by atoms with Crippen molar-refractivity contribution in [2.75, 3.05) is 13.1 Å². The van der Waals surface area contributed by atoms with E-state index in [0.29, 0.717) is 11.5 Å². The van der Waals surface area contributed by atoms with Gasteiger partial charge in [-0.15, -0.1) is 10.2 Å². The van der Waals surface area contributed by atoms with E-state index in [4.69, 9.17) is 0 Å². The summed E-state index contributed by atoms with van der Waals surface area (Å²) < 4.78 is 2.33. The average Bonchev–Trinajstić information content (AvgIpc) is 2.99. The molecule has 0 spiro atoms. The minimum atomic E-state index is -1.05. The summed E-state index contributed by atoms with van der Waals surface area (Å²) in [7, 11) is 0. The number of rotatable bonds is 2. The number of carbonyl (C=O) groups excluding carboxylic acids is 1. The first-order valence-corrected chi connectivity index (χ1v) is 11.0. The number of piperidine rings is 1. The molecule has 2 aromatic rings. The number of aliphatic hydroxyl groups is 1. The first-order chi connectivity index (χ1) is 14.4. The van der Waals surface area contributed by atoms with E-state index in [1.54, 1.807) is 13.8 Å². The van der Waals surface area contributed by atoms with Crippen LogP contribution in [0.25, 0.3) is 0 Å². The number of fused-ring (bicyclic) bond motifs is 1. The molecule has 0 atom stereocenters. The Labute approximate surface area is 178 Å². The molecule has 1 fully saturated rings. The summed E-state index contributed by atoms with van der Waals surface area (Å²) in [4.78, 5) is 14.9. The molecular weight excluding hydrogens is 376 g/mol. The number of aromatic nitrogens is 3. The highest BCUT2D eigenvalue weighted by atomic mass is 16.3. The summed E-state index contributed by atoms with van der Waals surface area (Å²) in [6.45, 7) is 5.77. The molecule has 6 heteroatoms. The lowest BCUT2D eigenvalue weighted by atomic mass is 9.95. The van der Waals surface area contributed by atoms with Crippen LogP contribution in [0.1, 0.15) is 79.4 Å². The van der Waals surface area contributed by atoms with Crippen molar-refractivity contribution in [3.8, 4) is 11.8 Å². The van der Waals surface area contributed by atoms with Crippen LogP contribution in [-0.2, 0) is 13.0 Å². The normalized spacial score (nSPS) is 17.6. The topological polar surface area (TPSA) is 71.2 Å². The van der Waals surface area contributed by atoms with E-state index in [9.17, 15) is 9.90 Å². The lowest BCUT2D eigenvalue weighted by Crippen LogP contribution is -2.38. The third kappa shape index (κ3) is 4.73. The molecule has 0 radical (unpaired) electrons. The molecule has 0 unspecified atom stereocenters. The highest BCUT2D eigenvalue weighted by Gasteiger charge is 2.29. The lowest BCUT2D eigenvalue weighted by Gasteiger charge is -2.32. The van der Waals surface area contributed by atoms with Crippen LogP contribution in [0, 0.1) is 11.8 Å². The molecule has 6 nitrogen and oxygen atoms in total. The van der Waals surface area contributed by atoms with Crippen LogP contribution in [-0.4, -0.2) is 49.4 Å². The van der Waals surface area contributed by atoms with Gasteiger partial charge in [-0.1, -0.05) is 24.3 Å². The quantitative estimate of drug-likeness (QED) is 0.778. The Morgan fingerprint density at radius 2 is 1.93 bits per heavy atom. The van der Waals surface area contributed by atoms with E-state index in [1.165, 1.54) is 19.3 Å². The van der Waals surface area contributed by atoms with E-state index in [1.807, 2.05) is 29.2 Å². The highest BCUT2D eigenvalue weighted by Crippen LogP contribution is 2.29. The Kier molecular flexibility index (Phi) is 5.92. The van der Waals surface area contributed by atoms with Crippen molar-refractivity contribution in [3.63, 3.8) is 0 Å². The molecule has 2 aliphatic rings. The third-order valence-electron chi connectivity index (χ3n) is 5.91. The Morgan fingerprint density at radius 3 is 2.70 bits per heavy atom. The first kappa shape index (κ1) is 20.6. The second-order valence-electron chi connectivity index (χ2n) is 8.89. The van der Waals surface area contributed by atoms with Crippen LogP contribution >= 0.6 is 0 Å². The summed E-state index contributed by atoms with van der Waals surface area (Å²) in [5.74, 6) is 8.41. The number of hydrogen-bond acceptors (Lipinski definition) is 4. The van der Waals surface area contributed by atoms with Crippen LogP contribution in [0.2, 0.25) is 0 Å². The second kappa shape index (κ2) is 8.61. The third-order valence-corrected chi connectivity index (χ3v) is 5.91. The monoisotopic (exact) mass is 406 g/mol. The van der Waals surface area contributed by atoms with Crippen LogP contribution in [0.3, 0.4) is 0 Å². The van der Waals surface area contributed by atoms with E-state index < -0.39 is 5.60 Å². The Morgan fingerprint density at radius 1 is 1.13 bits per heavy atom. The number of nitrogens with zero attached hydrogens (tertiary/aromatic N) is 4. The van der Waals surface area contributed by atoms with Crippen molar-refractivity contribution in [3.05, 3.63) is 47.0 Å². The molecule has 1 amide bonds. The minimum Gasteiger partial charge on any atom is -0.378 e. The molecular formula is C24H30N4O2. The molecule has 1 aromatic carbocycles. The van der Waals surface area contributed by atoms with Gasteiger partial charge in [0.2, 0.25) is 0 Å². The summed E-state index contributed by atoms with van der Waals surface area (Å²) in [5, 5.41) is 18.8. The molecule has 4 rings (SSSR count). The standard InChI is InChI=1S/C24H30N4O2/c1-24(2,30)13-10-18-7-6-8-20(17-18)23(29)27-15-11-19(12-16-27)22-26-25-21-9-4-3-5-14-28(21)22/h6-8,17,19,30H,3-5,9,11-12,14-16H2,1-2H3. The van der Waals surface area contributed by atoms with Crippen molar-refractivity contribution in [2.24, 2.45) is 0 Å². The summed E-state index contributed by atoms with van der Waals surface area (Å²) in [6.07, 6.45) is 6.52. The van der Waals surface area contributed by atoms with Crippen LogP contribution < -0.4 is 0 Å². The maximum Gasteiger partial charge on any atom is 0.253 e. The zero-order valence-corrected chi connectivity index (χ0v) is 17.9. The van der Waals surface area contributed by atoms with Crippen LogP contribution in [0.15, 0.2) is 24.3 Å². The predicted molar refractivity (Wildman–Crippen MR) is 115 cm³/mol. The first-order valence-electron chi connectivity index (χ1n) is 11.0. The van der Waals surface area contributed by atoms with Gasteiger partial charge in [0.1, 0.15) is 17.2 Å². The Bertz CT molecular complexity index is 969. The fourth-order valence-electron chi connectivity index (χ4n) is 4.29. The molecule has 1 saturated heterocycles. The zero-order chi connectivity index (χ0) is 21.1.